The lowest BCUT2D eigenvalue weighted by molar-refractivity contribution is -0.116. The first-order valence-corrected chi connectivity index (χ1v) is 5.83. The molecule has 0 aliphatic rings. The second-order valence-electron chi connectivity index (χ2n) is 3.65. The number of nitrogens with zero attached hydrogens (tertiary/aromatic N) is 1. The van der Waals surface area contributed by atoms with Gasteiger partial charge in [0.1, 0.15) is 0 Å². The number of hydrogen-bond donors (Lipinski definition) is 2. The van der Waals surface area contributed by atoms with Crippen molar-refractivity contribution in [2.45, 2.75) is 32.7 Å². The molecule has 1 atom stereocenters. The highest BCUT2D eigenvalue weighted by Crippen LogP contribution is 2.18. The second kappa shape index (κ2) is 5.72. The summed E-state index contributed by atoms with van der Waals surface area (Å²) < 4.78 is 0. The van der Waals surface area contributed by atoms with E-state index in [1.165, 1.54) is 24.5 Å². The zero-order valence-corrected chi connectivity index (χ0v) is 10.1. The molecule has 1 aromatic heterocycles. The van der Waals surface area contributed by atoms with E-state index in [-0.39, 0.29) is 17.7 Å². The van der Waals surface area contributed by atoms with Crippen LogP contribution in [0.5, 0.6) is 0 Å². The fourth-order valence-electron chi connectivity index (χ4n) is 1.04. The van der Waals surface area contributed by atoms with Crippen LogP contribution in [0.3, 0.4) is 0 Å². The molecule has 0 aliphatic carbocycles. The number of carbonyl (C=O) groups is 2. The van der Waals surface area contributed by atoms with Gasteiger partial charge in [0.2, 0.25) is 5.91 Å². The first-order valence-electron chi connectivity index (χ1n) is 5.01. The van der Waals surface area contributed by atoms with Crippen molar-refractivity contribution < 1.29 is 9.59 Å². The maximum absolute atomic E-state index is 11.4. The molecule has 1 aromatic rings. The zero-order valence-electron chi connectivity index (χ0n) is 9.32. The van der Waals surface area contributed by atoms with Gasteiger partial charge < -0.3 is 11.1 Å². The summed E-state index contributed by atoms with van der Waals surface area (Å²) in [5.74, 6) is -0.171. The number of aromatic nitrogens is 1. The van der Waals surface area contributed by atoms with E-state index in [1.54, 1.807) is 0 Å². The maximum Gasteiger partial charge on any atom is 0.226 e. The molecule has 5 nitrogen and oxygen atoms in total. The van der Waals surface area contributed by atoms with Gasteiger partial charge in [0.25, 0.3) is 0 Å². The van der Waals surface area contributed by atoms with Gasteiger partial charge in [0.05, 0.1) is 11.1 Å². The molecular formula is C10H15N3O2S. The van der Waals surface area contributed by atoms with E-state index in [4.69, 9.17) is 5.73 Å². The van der Waals surface area contributed by atoms with Gasteiger partial charge >= 0.3 is 0 Å². The molecule has 0 fully saturated rings. The number of amides is 1. The minimum absolute atomic E-state index is 0.00910. The number of ketones is 1. The van der Waals surface area contributed by atoms with Crippen LogP contribution in [0.15, 0.2) is 6.20 Å². The Morgan fingerprint density at radius 2 is 2.31 bits per heavy atom. The van der Waals surface area contributed by atoms with Crippen molar-refractivity contribution in [3.8, 4) is 0 Å². The first kappa shape index (κ1) is 12.8. The average Bonchev–Trinajstić information content (AvgIpc) is 2.63. The summed E-state index contributed by atoms with van der Waals surface area (Å²) in [7, 11) is 0. The molecule has 0 bridgehead atoms. The molecule has 1 amide bonds. The van der Waals surface area contributed by atoms with Crippen LogP contribution >= 0.6 is 11.3 Å². The number of nitrogens with two attached hydrogens (primary N) is 1. The predicted octanol–water partition coefficient (Wildman–Crippen LogP) is 1.41. The van der Waals surface area contributed by atoms with Crippen LogP contribution < -0.4 is 11.1 Å². The molecule has 0 spiro atoms. The SMILES string of the molecule is CC(=O)c1cnc(NC(=O)CCC(C)N)s1. The van der Waals surface area contributed by atoms with Crippen molar-refractivity contribution in [2.24, 2.45) is 5.73 Å². The molecule has 0 aliphatic heterocycles. The summed E-state index contributed by atoms with van der Waals surface area (Å²) in [5, 5.41) is 3.09. The van der Waals surface area contributed by atoms with Crippen LogP contribution in [-0.4, -0.2) is 22.7 Å². The van der Waals surface area contributed by atoms with Crippen LogP contribution in [0.25, 0.3) is 0 Å². The van der Waals surface area contributed by atoms with Crippen molar-refractivity contribution in [2.75, 3.05) is 5.32 Å². The van der Waals surface area contributed by atoms with Gasteiger partial charge in [-0.1, -0.05) is 11.3 Å². The Balaban J connectivity index is 2.46. The van der Waals surface area contributed by atoms with Gasteiger partial charge in [-0.15, -0.1) is 0 Å². The Hall–Kier alpha value is -1.27. The summed E-state index contributed by atoms with van der Waals surface area (Å²) in [6, 6.07) is 0.00910. The van der Waals surface area contributed by atoms with Gasteiger partial charge in [-0.3, -0.25) is 9.59 Å². The van der Waals surface area contributed by atoms with E-state index in [1.807, 2.05) is 6.92 Å². The van der Waals surface area contributed by atoms with Crippen molar-refractivity contribution in [3.05, 3.63) is 11.1 Å². The summed E-state index contributed by atoms with van der Waals surface area (Å²) >= 11 is 1.18. The van der Waals surface area contributed by atoms with Crippen LogP contribution in [0, 0.1) is 0 Å². The highest BCUT2D eigenvalue weighted by molar-refractivity contribution is 7.17. The lowest BCUT2D eigenvalue weighted by atomic mass is 10.2. The Morgan fingerprint density at radius 1 is 1.62 bits per heavy atom. The molecule has 0 radical (unpaired) electrons. The van der Waals surface area contributed by atoms with E-state index in [0.29, 0.717) is 22.9 Å². The summed E-state index contributed by atoms with van der Waals surface area (Å²) in [4.78, 5) is 26.9. The van der Waals surface area contributed by atoms with Crippen LogP contribution in [0.1, 0.15) is 36.4 Å². The van der Waals surface area contributed by atoms with E-state index in [0.717, 1.165) is 0 Å². The summed E-state index contributed by atoms with van der Waals surface area (Å²) in [6.07, 6.45) is 2.47. The standard InChI is InChI=1S/C10H15N3O2S/c1-6(11)3-4-9(15)13-10-12-5-8(16-10)7(2)14/h5-6H,3-4,11H2,1-2H3,(H,12,13,15). The number of thiazole rings is 1. The molecule has 0 saturated heterocycles. The number of hydrogen-bond acceptors (Lipinski definition) is 5. The molecule has 1 heterocycles. The van der Waals surface area contributed by atoms with Crippen molar-refractivity contribution >= 4 is 28.2 Å². The van der Waals surface area contributed by atoms with Gasteiger partial charge in [-0.2, -0.15) is 0 Å². The number of carbonyl (C=O) groups excluding carboxylic acids is 2. The maximum atomic E-state index is 11.4. The summed E-state index contributed by atoms with van der Waals surface area (Å²) in [5.41, 5.74) is 5.54. The minimum atomic E-state index is -0.123. The van der Waals surface area contributed by atoms with Gasteiger partial charge in [-0.25, -0.2) is 4.98 Å². The van der Waals surface area contributed by atoms with E-state index in [9.17, 15) is 9.59 Å². The largest absolute Gasteiger partial charge is 0.328 e. The Labute approximate surface area is 98.1 Å². The normalized spacial score (nSPS) is 12.2. The van der Waals surface area contributed by atoms with E-state index >= 15 is 0 Å². The van der Waals surface area contributed by atoms with Crippen molar-refractivity contribution in [1.29, 1.82) is 0 Å². The number of rotatable bonds is 5. The minimum Gasteiger partial charge on any atom is -0.328 e. The molecule has 6 heteroatoms. The topological polar surface area (TPSA) is 85.1 Å². The van der Waals surface area contributed by atoms with E-state index < -0.39 is 0 Å². The molecule has 3 N–H and O–H groups in total. The summed E-state index contributed by atoms with van der Waals surface area (Å²) in [6.45, 7) is 3.32. The van der Waals surface area contributed by atoms with Crippen LogP contribution in [0.2, 0.25) is 0 Å². The number of nitrogens with one attached hydrogen (secondary N) is 1. The van der Waals surface area contributed by atoms with E-state index in [2.05, 4.69) is 10.3 Å². The van der Waals surface area contributed by atoms with Gasteiger partial charge in [-0.05, 0) is 13.3 Å². The van der Waals surface area contributed by atoms with Crippen molar-refractivity contribution in [3.63, 3.8) is 0 Å². The fourth-order valence-corrected chi connectivity index (χ4v) is 1.76. The Kier molecular flexibility index (Phi) is 4.57. The highest BCUT2D eigenvalue weighted by Gasteiger charge is 2.09. The smallest absolute Gasteiger partial charge is 0.226 e. The molecule has 0 aromatic carbocycles. The Bertz CT molecular complexity index is 387. The van der Waals surface area contributed by atoms with Crippen LogP contribution in [0.4, 0.5) is 5.13 Å². The zero-order chi connectivity index (χ0) is 12.1. The number of Topliss-reactive ketones (excluding diaryl/α,β-unsaturated/α-hetero) is 1. The van der Waals surface area contributed by atoms with Crippen molar-refractivity contribution in [1.82, 2.24) is 4.98 Å². The molecule has 0 saturated carbocycles. The lowest BCUT2D eigenvalue weighted by Crippen LogP contribution is -2.19. The third-order valence-electron chi connectivity index (χ3n) is 1.93. The third-order valence-corrected chi connectivity index (χ3v) is 2.94. The predicted molar refractivity (Wildman–Crippen MR) is 63.6 cm³/mol. The molecular weight excluding hydrogens is 226 g/mol. The second-order valence-corrected chi connectivity index (χ2v) is 4.68. The molecule has 1 rings (SSSR count). The first-order chi connectivity index (χ1) is 7.49. The number of anilines is 1. The molecule has 88 valence electrons. The lowest BCUT2D eigenvalue weighted by Gasteiger charge is -2.03. The monoisotopic (exact) mass is 241 g/mol. The molecule has 1 unspecified atom stereocenters. The third kappa shape index (κ3) is 4.08. The van der Waals surface area contributed by atoms with Gasteiger partial charge in [0, 0.05) is 19.4 Å². The molecule has 16 heavy (non-hydrogen) atoms. The van der Waals surface area contributed by atoms with Gasteiger partial charge in [0.15, 0.2) is 10.9 Å². The quantitative estimate of drug-likeness (QED) is 0.763. The Morgan fingerprint density at radius 3 is 2.81 bits per heavy atom. The van der Waals surface area contributed by atoms with Crippen LogP contribution in [-0.2, 0) is 4.79 Å². The highest BCUT2D eigenvalue weighted by atomic mass is 32.1. The fraction of sp³-hybridized carbons (Fsp3) is 0.500. The average molecular weight is 241 g/mol.